The molecule has 5 rings (SSSR count). The highest BCUT2D eigenvalue weighted by Crippen LogP contribution is 2.33. The number of nitrogens with two attached hydrogens (primary N) is 2. The average molecular weight is 492 g/mol. The van der Waals surface area contributed by atoms with E-state index in [0.717, 1.165) is 53.7 Å². The number of fused-ring (bicyclic) bond motifs is 1. The minimum absolute atomic E-state index is 0.197. The van der Waals surface area contributed by atoms with Crippen molar-refractivity contribution in [3.05, 3.63) is 77.1 Å². The molecule has 1 saturated carbocycles. The molecule has 1 aliphatic rings. The summed E-state index contributed by atoms with van der Waals surface area (Å²) >= 11 is 6.24. The predicted molar refractivity (Wildman–Crippen MR) is 139 cm³/mol. The van der Waals surface area contributed by atoms with Crippen LogP contribution in [0.5, 0.6) is 0 Å². The molecule has 180 valence electrons. The van der Waals surface area contributed by atoms with E-state index < -0.39 is 5.82 Å². The van der Waals surface area contributed by atoms with Crippen LogP contribution in [0, 0.1) is 12.7 Å². The fourth-order valence-corrected chi connectivity index (χ4v) is 4.73. The van der Waals surface area contributed by atoms with Crippen molar-refractivity contribution in [2.45, 2.75) is 44.7 Å². The summed E-state index contributed by atoms with van der Waals surface area (Å²) in [4.78, 5) is 8.86. The third kappa shape index (κ3) is 4.85. The number of benzene rings is 1. The second-order valence-corrected chi connectivity index (χ2v) is 9.38. The van der Waals surface area contributed by atoms with E-state index in [9.17, 15) is 4.39 Å². The van der Waals surface area contributed by atoms with Crippen LogP contribution in [0.25, 0.3) is 16.6 Å². The van der Waals surface area contributed by atoms with Gasteiger partial charge in [-0.05, 0) is 56.9 Å². The van der Waals surface area contributed by atoms with Gasteiger partial charge in [0, 0.05) is 47.4 Å². The first-order chi connectivity index (χ1) is 16.9. The van der Waals surface area contributed by atoms with Crippen molar-refractivity contribution < 1.29 is 4.39 Å². The maximum Gasteiger partial charge on any atom is 0.135 e. The molecule has 4 aromatic rings. The van der Waals surface area contributed by atoms with Crippen molar-refractivity contribution in [1.29, 1.82) is 0 Å². The Hall–Kier alpha value is -3.49. The minimum atomic E-state index is -0.436. The smallest absolute Gasteiger partial charge is 0.135 e. The molecule has 5 N–H and O–H groups in total. The normalized spacial score (nSPS) is 18.7. The van der Waals surface area contributed by atoms with Gasteiger partial charge in [-0.15, -0.1) is 0 Å². The third-order valence-corrected chi connectivity index (χ3v) is 6.82. The molecule has 0 aliphatic heterocycles. The van der Waals surface area contributed by atoms with Gasteiger partial charge in [-0.1, -0.05) is 17.7 Å². The first-order valence-electron chi connectivity index (χ1n) is 11.6. The van der Waals surface area contributed by atoms with Crippen molar-refractivity contribution >= 4 is 34.3 Å². The van der Waals surface area contributed by atoms with Gasteiger partial charge in [0.1, 0.15) is 11.7 Å². The molecule has 1 aromatic carbocycles. The number of nitrogens with zero attached hydrogens (tertiary/aromatic N) is 4. The number of pyridine rings is 1. The van der Waals surface area contributed by atoms with Crippen molar-refractivity contribution in [2.75, 3.05) is 5.32 Å². The molecule has 1 fully saturated rings. The van der Waals surface area contributed by atoms with Gasteiger partial charge in [0.2, 0.25) is 0 Å². The van der Waals surface area contributed by atoms with Crippen LogP contribution in [0.2, 0.25) is 5.02 Å². The Morgan fingerprint density at radius 2 is 2.00 bits per heavy atom. The van der Waals surface area contributed by atoms with Crippen LogP contribution >= 0.6 is 11.6 Å². The van der Waals surface area contributed by atoms with Gasteiger partial charge in [0.15, 0.2) is 0 Å². The lowest BCUT2D eigenvalue weighted by atomic mass is 9.91. The Labute approximate surface area is 208 Å². The number of halogens is 2. The minimum Gasteiger partial charge on any atom is -0.383 e. The van der Waals surface area contributed by atoms with Gasteiger partial charge in [-0.2, -0.15) is 5.10 Å². The monoisotopic (exact) mass is 491 g/mol. The van der Waals surface area contributed by atoms with E-state index in [0.29, 0.717) is 10.6 Å². The quantitative estimate of drug-likeness (QED) is 0.262. The van der Waals surface area contributed by atoms with Crippen LogP contribution in [0.4, 0.5) is 15.8 Å². The lowest BCUT2D eigenvalue weighted by Gasteiger charge is -2.28. The maximum absolute atomic E-state index is 13.8. The third-order valence-electron chi connectivity index (χ3n) is 6.50. The lowest BCUT2D eigenvalue weighted by molar-refractivity contribution is 0.411. The topological polar surface area (TPSA) is 107 Å². The van der Waals surface area contributed by atoms with Crippen LogP contribution in [-0.4, -0.2) is 32.5 Å². The van der Waals surface area contributed by atoms with Gasteiger partial charge in [0.05, 0.1) is 33.7 Å². The molecule has 0 bridgehead atoms. The summed E-state index contributed by atoms with van der Waals surface area (Å²) in [5.74, 6) is -0.239. The molecule has 9 heteroatoms. The first kappa shape index (κ1) is 23.3. The number of anilines is 1. The SMILES string of the molecule is Cc1ncccc1-c1cc2c(N[C@H]3CC[C@H](N)CC3)c(/C(N)=N/c3cc(F)ccc3Cl)cnn2c1. The van der Waals surface area contributed by atoms with E-state index in [-0.39, 0.29) is 23.6 Å². The molecule has 0 unspecified atom stereocenters. The summed E-state index contributed by atoms with van der Waals surface area (Å²) in [6.45, 7) is 1.98. The molecule has 1 aliphatic carbocycles. The van der Waals surface area contributed by atoms with E-state index in [1.807, 2.05) is 29.8 Å². The van der Waals surface area contributed by atoms with E-state index in [4.69, 9.17) is 23.1 Å². The summed E-state index contributed by atoms with van der Waals surface area (Å²) in [5.41, 5.74) is 18.1. The average Bonchev–Trinajstić information content (AvgIpc) is 3.28. The molecule has 0 amide bonds. The number of aryl methyl sites for hydroxylation is 1. The summed E-state index contributed by atoms with van der Waals surface area (Å²) in [7, 11) is 0. The van der Waals surface area contributed by atoms with Crippen molar-refractivity contribution in [2.24, 2.45) is 16.5 Å². The summed E-state index contributed by atoms with van der Waals surface area (Å²) in [6, 6.07) is 10.5. The van der Waals surface area contributed by atoms with Crippen molar-refractivity contribution in [3.63, 3.8) is 0 Å². The van der Waals surface area contributed by atoms with Crippen LogP contribution < -0.4 is 16.8 Å². The molecule has 35 heavy (non-hydrogen) atoms. The zero-order valence-corrected chi connectivity index (χ0v) is 20.1. The van der Waals surface area contributed by atoms with Crippen LogP contribution in [0.3, 0.4) is 0 Å². The van der Waals surface area contributed by atoms with Crippen molar-refractivity contribution in [1.82, 2.24) is 14.6 Å². The number of hydrogen-bond acceptors (Lipinski definition) is 5. The molecule has 0 spiro atoms. The zero-order chi connectivity index (χ0) is 24.5. The first-order valence-corrected chi connectivity index (χ1v) is 12.0. The van der Waals surface area contributed by atoms with E-state index in [1.54, 1.807) is 12.4 Å². The predicted octanol–water partition coefficient (Wildman–Crippen LogP) is 5.22. The molecule has 0 saturated heterocycles. The highest BCUT2D eigenvalue weighted by Gasteiger charge is 2.22. The molecule has 0 atom stereocenters. The Bertz CT molecular complexity index is 1410. The standard InChI is InChI=1S/C26H27ClFN7/c1-15-20(3-2-10-31-15)16-11-24-25(33-19-7-5-18(29)6-8-19)21(13-32-35(24)14-16)26(30)34-23-12-17(28)4-9-22(23)27/h2-4,9-14,18-19,33H,5-8,29H2,1H3,(H2,30,34)/t18-,19-. The largest absolute Gasteiger partial charge is 0.383 e. The Kier molecular flexibility index (Phi) is 6.40. The molecule has 0 radical (unpaired) electrons. The van der Waals surface area contributed by atoms with Gasteiger partial charge in [0.25, 0.3) is 0 Å². The molecular formula is C26H27ClFN7. The number of aliphatic imine (C=N–C) groups is 1. The van der Waals surface area contributed by atoms with E-state index in [2.05, 4.69) is 26.5 Å². The van der Waals surface area contributed by atoms with Gasteiger partial charge >= 0.3 is 0 Å². The van der Waals surface area contributed by atoms with Crippen molar-refractivity contribution in [3.8, 4) is 11.1 Å². The number of amidine groups is 1. The summed E-state index contributed by atoms with van der Waals surface area (Å²) in [6.07, 6.45) is 9.25. The second kappa shape index (κ2) is 9.64. The van der Waals surface area contributed by atoms with Gasteiger partial charge < -0.3 is 16.8 Å². The highest BCUT2D eigenvalue weighted by molar-refractivity contribution is 6.33. The highest BCUT2D eigenvalue weighted by atomic mass is 35.5. The fraction of sp³-hybridized carbons (Fsp3) is 0.269. The fourth-order valence-electron chi connectivity index (χ4n) is 4.57. The Morgan fingerprint density at radius 1 is 1.20 bits per heavy atom. The number of rotatable bonds is 5. The Balaban J connectivity index is 1.62. The zero-order valence-electron chi connectivity index (χ0n) is 19.4. The lowest BCUT2D eigenvalue weighted by Crippen LogP contribution is -2.33. The Morgan fingerprint density at radius 3 is 2.77 bits per heavy atom. The second-order valence-electron chi connectivity index (χ2n) is 8.98. The molecule has 3 aromatic heterocycles. The molecular weight excluding hydrogens is 465 g/mol. The van der Waals surface area contributed by atoms with Crippen LogP contribution in [0.1, 0.15) is 36.9 Å². The van der Waals surface area contributed by atoms with Crippen LogP contribution in [0.15, 0.2) is 60.0 Å². The molecule has 3 heterocycles. The van der Waals surface area contributed by atoms with Crippen LogP contribution in [-0.2, 0) is 0 Å². The molecule has 7 nitrogen and oxygen atoms in total. The number of nitrogens with one attached hydrogen (secondary N) is 1. The van der Waals surface area contributed by atoms with E-state index >= 15 is 0 Å². The van der Waals surface area contributed by atoms with Gasteiger partial charge in [-0.25, -0.2) is 13.9 Å². The maximum atomic E-state index is 13.8. The number of aromatic nitrogens is 3. The summed E-state index contributed by atoms with van der Waals surface area (Å²) < 4.78 is 15.6. The van der Waals surface area contributed by atoms with E-state index in [1.165, 1.54) is 18.2 Å². The number of hydrogen-bond donors (Lipinski definition) is 3. The van der Waals surface area contributed by atoms with Gasteiger partial charge in [-0.3, -0.25) is 4.98 Å². The summed E-state index contributed by atoms with van der Waals surface area (Å²) in [5, 5.41) is 8.59.